The fourth-order valence-corrected chi connectivity index (χ4v) is 4.20. The molecule has 2 nitrogen and oxygen atoms in total. The van der Waals surface area contributed by atoms with Crippen LogP contribution < -0.4 is 5.32 Å². The molecule has 1 fully saturated rings. The van der Waals surface area contributed by atoms with Crippen molar-refractivity contribution in [3.05, 3.63) is 39.2 Å². The van der Waals surface area contributed by atoms with Crippen molar-refractivity contribution >= 4 is 11.3 Å². The number of nitrogens with zero attached hydrogens (tertiary/aromatic N) is 1. The maximum Gasteiger partial charge on any atom is 0.111 e. The minimum absolute atomic E-state index is 0.508. The molecule has 4 rings (SSSR count). The Bertz CT molecular complexity index is 609. The van der Waals surface area contributed by atoms with Gasteiger partial charge < -0.3 is 5.32 Å². The van der Waals surface area contributed by atoms with E-state index < -0.39 is 0 Å². The van der Waals surface area contributed by atoms with E-state index in [1.54, 1.807) is 0 Å². The average Bonchev–Trinajstić information content (AvgIpc) is 3.02. The molecule has 18 heavy (non-hydrogen) atoms. The highest BCUT2D eigenvalue weighted by Gasteiger charge is 2.27. The molecule has 1 unspecified atom stereocenters. The summed E-state index contributed by atoms with van der Waals surface area (Å²) < 4.78 is 0. The summed E-state index contributed by atoms with van der Waals surface area (Å²) >= 11 is 1.91. The summed E-state index contributed by atoms with van der Waals surface area (Å²) in [5.41, 5.74) is 5.39. The van der Waals surface area contributed by atoms with E-state index in [1.807, 2.05) is 11.3 Å². The van der Waals surface area contributed by atoms with E-state index in [2.05, 4.69) is 30.4 Å². The van der Waals surface area contributed by atoms with Crippen molar-refractivity contribution in [1.29, 1.82) is 0 Å². The Morgan fingerprint density at radius 2 is 2.33 bits per heavy atom. The lowest BCUT2D eigenvalue weighted by molar-refractivity contribution is 0.643. The number of thiazole rings is 1. The maximum absolute atomic E-state index is 4.91. The van der Waals surface area contributed by atoms with Crippen molar-refractivity contribution in [2.75, 3.05) is 6.54 Å². The lowest BCUT2D eigenvalue weighted by Gasteiger charge is -2.06. The minimum Gasteiger partial charge on any atom is -0.308 e. The molecule has 1 aliphatic heterocycles. The summed E-state index contributed by atoms with van der Waals surface area (Å²) in [5, 5.41) is 4.84. The Balaban J connectivity index is 1.78. The quantitative estimate of drug-likeness (QED) is 0.721. The van der Waals surface area contributed by atoms with E-state index in [1.165, 1.54) is 45.1 Å². The van der Waals surface area contributed by atoms with Gasteiger partial charge in [-0.15, -0.1) is 11.3 Å². The summed E-state index contributed by atoms with van der Waals surface area (Å²) in [5.74, 6) is 0. The highest BCUT2D eigenvalue weighted by Crippen LogP contribution is 2.42. The van der Waals surface area contributed by atoms with E-state index in [4.69, 9.17) is 4.98 Å². The van der Waals surface area contributed by atoms with Crippen LogP contribution in [0.25, 0.3) is 11.3 Å². The van der Waals surface area contributed by atoms with E-state index >= 15 is 0 Å². The second-order valence-electron chi connectivity index (χ2n) is 5.31. The van der Waals surface area contributed by atoms with Gasteiger partial charge in [0.25, 0.3) is 0 Å². The van der Waals surface area contributed by atoms with Crippen LogP contribution in [0, 0.1) is 6.92 Å². The lowest BCUT2D eigenvalue weighted by atomic mass is 10.1. The Morgan fingerprint density at radius 3 is 3.17 bits per heavy atom. The van der Waals surface area contributed by atoms with Crippen molar-refractivity contribution < 1.29 is 0 Å². The van der Waals surface area contributed by atoms with Gasteiger partial charge in [-0.05, 0) is 37.9 Å². The lowest BCUT2D eigenvalue weighted by Crippen LogP contribution is -2.12. The van der Waals surface area contributed by atoms with E-state index in [-0.39, 0.29) is 0 Å². The third kappa shape index (κ3) is 1.54. The zero-order valence-corrected chi connectivity index (χ0v) is 11.3. The summed E-state index contributed by atoms with van der Waals surface area (Å²) in [6, 6.07) is 7.25. The molecule has 0 bridgehead atoms. The third-order valence-electron chi connectivity index (χ3n) is 3.94. The zero-order chi connectivity index (χ0) is 12.1. The number of hydrogen-bond donors (Lipinski definition) is 1. The molecule has 1 aliphatic carbocycles. The Kier molecular flexibility index (Phi) is 2.32. The summed E-state index contributed by atoms with van der Waals surface area (Å²) in [6.45, 7) is 3.30. The molecular weight excluding hydrogens is 240 g/mol. The van der Waals surface area contributed by atoms with Gasteiger partial charge in [0.1, 0.15) is 5.01 Å². The van der Waals surface area contributed by atoms with E-state index in [9.17, 15) is 0 Å². The molecular formula is C15H16N2S. The average molecular weight is 256 g/mol. The van der Waals surface area contributed by atoms with Crippen LogP contribution in [-0.2, 0) is 6.42 Å². The van der Waals surface area contributed by atoms with Crippen molar-refractivity contribution in [1.82, 2.24) is 10.3 Å². The van der Waals surface area contributed by atoms with Gasteiger partial charge >= 0.3 is 0 Å². The topological polar surface area (TPSA) is 24.9 Å². The SMILES string of the molecule is Cc1ccc2c(c1)-c1nc(C3CCCN3)sc1C2. The molecule has 1 N–H and O–H groups in total. The first kappa shape index (κ1) is 10.7. The second-order valence-corrected chi connectivity index (χ2v) is 6.43. The highest BCUT2D eigenvalue weighted by molar-refractivity contribution is 7.12. The second kappa shape index (κ2) is 3.90. The summed E-state index contributed by atoms with van der Waals surface area (Å²) in [6.07, 6.45) is 3.60. The van der Waals surface area contributed by atoms with Crippen LogP contribution in [0.15, 0.2) is 18.2 Å². The fraction of sp³-hybridized carbons (Fsp3) is 0.400. The van der Waals surface area contributed by atoms with Crippen LogP contribution in [0.1, 0.15) is 39.9 Å². The molecule has 0 saturated carbocycles. The first-order valence-electron chi connectivity index (χ1n) is 6.64. The number of benzene rings is 1. The number of aromatic nitrogens is 1. The zero-order valence-electron chi connectivity index (χ0n) is 10.5. The van der Waals surface area contributed by atoms with Crippen LogP contribution >= 0.6 is 11.3 Å². The molecule has 92 valence electrons. The van der Waals surface area contributed by atoms with Gasteiger partial charge in [0, 0.05) is 16.9 Å². The number of hydrogen-bond acceptors (Lipinski definition) is 3. The first-order chi connectivity index (χ1) is 8.81. The minimum atomic E-state index is 0.508. The number of rotatable bonds is 1. The van der Waals surface area contributed by atoms with Crippen LogP contribution in [-0.4, -0.2) is 11.5 Å². The monoisotopic (exact) mass is 256 g/mol. The van der Waals surface area contributed by atoms with Crippen LogP contribution in [0.5, 0.6) is 0 Å². The molecule has 3 heteroatoms. The van der Waals surface area contributed by atoms with E-state index in [0.717, 1.165) is 13.0 Å². The smallest absolute Gasteiger partial charge is 0.111 e. The van der Waals surface area contributed by atoms with Crippen molar-refractivity contribution in [3.63, 3.8) is 0 Å². The fourth-order valence-electron chi connectivity index (χ4n) is 2.98. The van der Waals surface area contributed by atoms with Crippen molar-refractivity contribution in [3.8, 4) is 11.3 Å². The Morgan fingerprint density at radius 1 is 1.39 bits per heavy atom. The predicted octanol–water partition coefficient (Wildman–Crippen LogP) is 3.45. The molecule has 0 radical (unpaired) electrons. The molecule has 0 amide bonds. The Labute approximate surface area is 111 Å². The van der Waals surface area contributed by atoms with Gasteiger partial charge in [-0.25, -0.2) is 4.98 Å². The molecule has 1 atom stereocenters. The molecule has 2 aromatic rings. The molecule has 1 aromatic heterocycles. The van der Waals surface area contributed by atoms with Gasteiger partial charge in [0.15, 0.2) is 0 Å². The van der Waals surface area contributed by atoms with Crippen LogP contribution in [0.3, 0.4) is 0 Å². The molecule has 0 spiro atoms. The summed E-state index contributed by atoms with van der Waals surface area (Å²) in [4.78, 5) is 6.37. The first-order valence-corrected chi connectivity index (χ1v) is 7.46. The van der Waals surface area contributed by atoms with Crippen molar-refractivity contribution in [2.45, 2.75) is 32.2 Å². The molecule has 1 aromatic carbocycles. The molecule has 1 saturated heterocycles. The number of fused-ring (bicyclic) bond motifs is 3. The van der Waals surface area contributed by atoms with Gasteiger partial charge in [0.2, 0.25) is 0 Å². The maximum atomic E-state index is 4.91. The summed E-state index contributed by atoms with van der Waals surface area (Å²) in [7, 11) is 0. The van der Waals surface area contributed by atoms with Gasteiger partial charge in [-0.3, -0.25) is 0 Å². The standard InChI is InChI=1S/C15H16N2S/c1-9-4-5-10-8-13-14(11(10)7-9)17-15(18-13)12-3-2-6-16-12/h4-5,7,12,16H,2-3,6,8H2,1H3. The Hall–Kier alpha value is -1.19. The van der Waals surface area contributed by atoms with Crippen LogP contribution in [0.4, 0.5) is 0 Å². The van der Waals surface area contributed by atoms with Gasteiger partial charge in [0.05, 0.1) is 11.7 Å². The van der Waals surface area contributed by atoms with Gasteiger partial charge in [-0.2, -0.15) is 0 Å². The predicted molar refractivity (Wildman–Crippen MR) is 75.1 cm³/mol. The third-order valence-corrected chi connectivity index (χ3v) is 5.11. The van der Waals surface area contributed by atoms with Crippen molar-refractivity contribution in [2.24, 2.45) is 0 Å². The molecule has 2 aliphatic rings. The largest absolute Gasteiger partial charge is 0.308 e. The number of nitrogens with one attached hydrogen (secondary N) is 1. The van der Waals surface area contributed by atoms with Gasteiger partial charge in [-0.1, -0.05) is 17.7 Å². The van der Waals surface area contributed by atoms with Crippen LogP contribution in [0.2, 0.25) is 0 Å². The number of aryl methyl sites for hydroxylation is 1. The molecule has 2 heterocycles. The highest BCUT2D eigenvalue weighted by atomic mass is 32.1. The normalized spacial score (nSPS) is 21.1. The van der Waals surface area contributed by atoms with E-state index in [0.29, 0.717) is 6.04 Å².